The van der Waals surface area contributed by atoms with Crippen molar-refractivity contribution in [3.05, 3.63) is 48.5 Å². The number of halogens is 2. The normalized spacial score (nSPS) is 10.8. The van der Waals surface area contributed by atoms with Crippen molar-refractivity contribution in [1.29, 1.82) is 0 Å². The number of alkyl halides is 2. The predicted molar refractivity (Wildman–Crippen MR) is 99.7 cm³/mol. The molecule has 0 saturated heterocycles. The van der Waals surface area contributed by atoms with Crippen LogP contribution in [-0.4, -0.2) is 38.3 Å². The number of nitrogens with one attached hydrogen (secondary N) is 1. The summed E-state index contributed by atoms with van der Waals surface area (Å²) in [5.41, 5.74) is 1.10. The van der Waals surface area contributed by atoms with E-state index < -0.39 is 6.61 Å². The standard InChI is InChI=1S/C17H15F2N5O3S/c18-16(19)27-13-7-1-10(2-8-13)15-22-23-17(24(15)20)28-9-14(26)21-11-3-5-12(25)6-4-11/h1-8,16,25H,9,20H2,(H,21,26). The lowest BCUT2D eigenvalue weighted by molar-refractivity contribution is -0.113. The lowest BCUT2D eigenvalue weighted by Crippen LogP contribution is -2.16. The molecule has 1 heterocycles. The number of phenols is 1. The van der Waals surface area contributed by atoms with Gasteiger partial charge in [-0.25, -0.2) is 4.68 Å². The van der Waals surface area contributed by atoms with E-state index in [1.807, 2.05) is 0 Å². The molecule has 0 fully saturated rings. The molecule has 0 bridgehead atoms. The van der Waals surface area contributed by atoms with Crippen molar-refractivity contribution >= 4 is 23.4 Å². The highest BCUT2D eigenvalue weighted by Crippen LogP contribution is 2.24. The van der Waals surface area contributed by atoms with Crippen LogP contribution in [0.5, 0.6) is 11.5 Å². The highest BCUT2D eigenvalue weighted by molar-refractivity contribution is 7.99. The number of aromatic nitrogens is 3. The molecule has 3 aromatic rings. The summed E-state index contributed by atoms with van der Waals surface area (Å²) in [6, 6.07) is 11.9. The highest BCUT2D eigenvalue weighted by Gasteiger charge is 2.14. The summed E-state index contributed by atoms with van der Waals surface area (Å²) >= 11 is 1.08. The van der Waals surface area contributed by atoms with Gasteiger partial charge in [-0.3, -0.25) is 4.79 Å². The monoisotopic (exact) mass is 407 g/mol. The first-order chi connectivity index (χ1) is 13.4. The molecule has 0 aliphatic carbocycles. The molecule has 11 heteroatoms. The van der Waals surface area contributed by atoms with Crippen molar-refractivity contribution in [2.75, 3.05) is 16.9 Å². The first-order valence-corrected chi connectivity index (χ1v) is 8.88. The minimum Gasteiger partial charge on any atom is -0.508 e. The second-order valence-electron chi connectivity index (χ2n) is 5.46. The van der Waals surface area contributed by atoms with Crippen molar-refractivity contribution < 1.29 is 23.4 Å². The Kier molecular flexibility index (Phi) is 5.94. The molecule has 0 aliphatic rings. The van der Waals surface area contributed by atoms with E-state index >= 15 is 0 Å². The fraction of sp³-hybridized carbons (Fsp3) is 0.118. The summed E-state index contributed by atoms with van der Waals surface area (Å²) in [5, 5.41) is 20.1. The number of carbonyl (C=O) groups is 1. The van der Waals surface area contributed by atoms with E-state index in [-0.39, 0.29) is 23.2 Å². The van der Waals surface area contributed by atoms with E-state index in [9.17, 15) is 18.7 Å². The number of rotatable bonds is 7. The zero-order chi connectivity index (χ0) is 20.1. The van der Waals surface area contributed by atoms with E-state index in [0.717, 1.165) is 11.8 Å². The summed E-state index contributed by atoms with van der Waals surface area (Å²) in [6.07, 6.45) is 0. The predicted octanol–water partition coefficient (Wildman–Crippen LogP) is 2.70. The van der Waals surface area contributed by atoms with Gasteiger partial charge < -0.3 is 21.0 Å². The van der Waals surface area contributed by atoms with Gasteiger partial charge in [-0.05, 0) is 48.5 Å². The Hall–Kier alpha value is -3.34. The summed E-state index contributed by atoms with van der Waals surface area (Å²) < 4.78 is 29.9. The molecule has 28 heavy (non-hydrogen) atoms. The van der Waals surface area contributed by atoms with Crippen molar-refractivity contribution in [3.63, 3.8) is 0 Å². The summed E-state index contributed by atoms with van der Waals surface area (Å²) in [7, 11) is 0. The van der Waals surface area contributed by atoms with Gasteiger partial charge in [-0.15, -0.1) is 10.2 Å². The van der Waals surface area contributed by atoms with Gasteiger partial charge in [0.15, 0.2) is 5.82 Å². The van der Waals surface area contributed by atoms with Gasteiger partial charge in [0.1, 0.15) is 11.5 Å². The maximum atomic E-state index is 12.2. The average Bonchev–Trinajstić information content (AvgIpc) is 3.03. The van der Waals surface area contributed by atoms with Gasteiger partial charge in [0.05, 0.1) is 5.75 Å². The number of hydrogen-bond donors (Lipinski definition) is 3. The number of ether oxygens (including phenoxy) is 1. The maximum absolute atomic E-state index is 12.2. The van der Waals surface area contributed by atoms with Crippen molar-refractivity contribution in [2.45, 2.75) is 11.8 Å². The quantitative estimate of drug-likeness (QED) is 0.313. The Morgan fingerprint density at radius 2 is 1.86 bits per heavy atom. The van der Waals surface area contributed by atoms with Crippen molar-refractivity contribution in [1.82, 2.24) is 14.9 Å². The van der Waals surface area contributed by atoms with Gasteiger partial charge in [0.2, 0.25) is 11.1 Å². The number of phenolic OH excluding ortho intramolecular Hbond substituents is 1. The van der Waals surface area contributed by atoms with Gasteiger partial charge >= 0.3 is 6.61 Å². The molecule has 0 atom stereocenters. The van der Waals surface area contributed by atoms with E-state index in [2.05, 4.69) is 20.3 Å². The van der Waals surface area contributed by atoms with Crippen LogP contribution in [0, 0.1) is 0 Å². The zero-order valence-electron chi connectivity index (χ0n) is 14.3. The number of carbonyl (C=O) groups excluding carboxylic acids is 1. The first-order valence-electron chi connectivity index (χ1n) is 7.90. The number of thioether (sulfide) groups is 1. The molecule has 0 aliphatic heterocycles. The van der Waals surface area contributed by atoms with Crippen molar-refractivity contribution in [3.8, 4) is 22.9 Å². The van der Waals surface area contributed by atoms with Crippen LogP contribution in [-0.2, 0) is 4.79 Å². The van der Waals surface area contributed by atoms with Crippen LogP contribution < -0.4 is 15.9 Å². The molecule has 0 saturated carbocycles. The number of benzene rings is 2. The van der Waals surface area contributed by atoms with Crippen molar-refractivity contribution in [2.24, 2.45) is 0 Å². The van der Waals surface area contributed by atoms with E-state index in [4.69, 9.17) is 5.84 Å². The first kappa shape index (κ1) is 19.4. The number of amides is 1. The maximum Gasteiger partial charge on any atom is 0.387 e. The van der Waals surface area contributed by atoms with E-state index in [1.165, 1.54) is 41.1 Å². The molecular formula is C17H15F2N5O3S. The van der Waals surface area contributed by atoms with Crippen LogP contribution in [0.3, 0.4) is 0 Å². The minimum atomic E-state index is -2.90. The van der Waals surface area contributed by atoms with Gasteiger partial charge in [0, 0.05) is 11.3 Å². The smallest absolute Gasteiger partial charge is 0.387 e. The Balaban J connectivity index is 1.61. The fourth-order valence-electron chi connectivity index (χ4n) is 2.23. The van der Waals surface area contributed by atoms with Gasteiger partial charge in [-0.1, -0.05) is 11.8 Å². The van der Waals surface area contributed by atoms with Gasteiger partial charge in [0.25, 0.3) is 0 Å². The molecule has 3 rings (SSSR count). The molecule has 4 N–H and O–H groups in total. The molecular weight excluding hydrogens is 392 g/mol. The second kappa shape index (κ2) is 8.57. The van der Waals surface area contributed by atoms with Crippen LogP contribution >= 0.6 is 11.8 Å². The van der Waals surface area contributed by atoms with Crippen LogP contribution in [0.2, 0.25) is 0 Å². The highest BCUT2D eigenvalue weighted by atomic mass is 32.2. The number of nitrogens with two attached hydrogens (primary N) is 1. The molecule has 2 aromatic carbocycles. The molecule has 1 amide bonds. The summed E-state index contributed by atoms with van der Waals surface area (Å²) in [4.78, 5) is 12.0. The molecule has 0 radical (unpaired) electrons. The number of nitrogen functional groups attached to an aromatic ring is 1. The second-order valence-corrected chi connectivity index (χ2v) is 6.41. The third-order valence-corrected chi connectivity index (χ3v) is 4.43. The van der Waals surface area contributed by atoms with E-state index in [0.29, 0.717) is 22.2 Å². The van der Waals surface area contributed by atoms with Gasteiger partial charge in [-0.2, -0.15) is 8.78 Å². The minimum absolute atomic E-state index is 0.0161. The summed E-state index contributed by atoms with van der Waals surface area (Å²) in [5.74, 6) is 6.15. The number of nitrogens with zero attached hydrogens (tertiary/aromatic N) is 3. The number of hydrogen-bond acceptors (Lipinski definition) is 7. The molecule has 0 unspecified atom stereocenters. The zero-order valence-corrected chi connectivity index (χ0v) is 15.1. The largest absolute Gasteiger partial charge is 0.508 e. The lowest BCUT2D eigenvalue weighted by Gasteiger charge is -2.07. The van der Waals surface area contributed by atoms with Crippen LogP contribution in [0.4, 0.5) is 14.5 Å². The Labute approximate surface area is 162 Å². The number of anilines is 1. The molecule has 1 aromatic heterocycles. The van der Waals surface area contributed by atoms with Crippen LogP contribution in [0.25, 0.3) is 11.4 Å². The third-order valence-electron chi connectivity index (χ3n) is 3.49. The Morgan fingerprint density at radius 1 is 1.18 bits per heavy atom. The molecule has 146 valence electrons. The molecule has 8 nitrogen and oxygen atoms in total. The third kappa shape index (κ3) is 4.88. The summed E-state index contributed by atoms with van der Waals surface area (Å²) in [6.45, 7) is -2.90. The fourth-order valence-corrected chi connectivity index (χ4v) is 2.89. The number of aromatic hydroxyl groups is 1. The average molecular weight is 407 g/mol. The topological polar surface area (TPSA) is 115 Å². The van der Waals surface area contributed by atoms with Crippen LogP contribution in [0.1, 0.15) is 0 Å². The van der Waals surface area contributed by atoms with E-state index in [1.54, 1.807) is 12.1 Å². The molecule has 0 spiro atoms. The SMILES string of the molecule is Nn1c(SCC(=O)Nc2ccc(O)cc2)nnc1-c1ccc(OC(F)F)cc1. The lowest BCUT2D eigenvalue weighted by atomic mass is 10.2. The van der Waals surface area contributed by atoms with Crippen LogP contribution in [0.15, 0.2) is 53.7 Å². The Morgan fingerprint density at radius 3 is 2.50 bits per heavy atom. The Bertz CT molecular complexity index is 948.